The monoisotopic (exact) mass is 288 g/mol. The Bertz CT molecular complexity index is 583. The molecule has 2 N–H and O–H groups in total. The van der Waals surface area contributed by atoms with Gasteiger partial charge in [0.1, 0.15) is 0 Å². The highest BCUT2D eigenvalue weighted by molar-refractivity contribution is 7.14. The fraction of sp³-hybridized carbons (Fsp3) is 0.267. The second-order valence-corrected chi connectivity index (χ2v) is 5.67. The number of fused-ring (bicyclic) bond motifs is 1. The van der Waals surface area contributed by atoms with Crippen molar-refractivity contribution in [2.24, 2.45) is 0 Å². The highest BCUT2D eigenvalue weighted by Gasteiger charge is 2.19. The van der Waals surface area contributed by atoms with E-state index in [-0.39, 0.29) is 12.1 Å². The van der Waals surface area contributed by atoms with Crippen LogP contribution in [0, 0.1) is 0 Å². The number of hydrogen-bond acceptors (Lipinski definition) is 3. The maximum Gasteiger partial charge on any atom is 0.319 e. The third-order valence-corrected chi connectivity index (χ3v) is 4.07. The molecule has 0 bridgehead atoms. The summed E-state index contributed by atoms with van der Waals surface area (Å²) in [5, 5.41) is 8.42. The zero-order valence-electron chi connectivity index (χ0n) is 11.0. The van der Waals surface area contributed by atoms with Crippen LogP contribution in [-0.2, 0) is 17.8 Å². The Labute approximate surface area is 121 Å². The van der Waals surface area contributed by atoms with Gasteiger partial charge in [-0.3, -0.25) is 5.32 Å². The Morgan fingerprint density at radius 3 is 2.90 bits per heavy atom. The van der Waals surface area contributed by atoms with E-state index >= 15 is 0 Å². The van der Waals surface area contributed by atoms with Crippen LogP contribution in [0.5, 0.6) is 0 Å². The number of amides is 2. The second kappa shape index (κ2) is 6.07. The largest absolute Gasteiger partial charge is 0.371 e. The molecule has 20 heavy (non-hydrogen) atoms. The number of urea groups is 1. The van der Waals surface area contributed by atoms with E-state index in [0.717, 1.165) is 11.4 Å². The van der Waals surface area contributed by atoms with Gasteiger partial charge >= 0.3 is 6.03 Å². The lowest BCUT2D eigenvalue weighted by atomic mass is 9.99. The first kappa shape index (κ1) is 13.1. The molecule has 2 aromatic rings. The molecule has 2 amide bonds. The van der Waals surface area contributed by atoms with E-state index in [9.17, 15) is 4.79 Å². The summed E-state index contributed by atoms with van der Waals surface area (Å²) in [5.41, 5.74) is 2.55. The number of anilines is 1. The number of nitrogens with one attached hydrogen (secondary N) is 2. The van der Waals surface area contributed by atoms with Crippen molar-refractivity contribution < 1.29 is 9.53 Å². The molecule has 104 valence electrons. The molecule has 0 spiro atoms. The molecule has 0 aliphatic carbocycles. The zero-order chi connectivity index (χ0) is 13.8. The molecule has 3 rings (SSSR count). The number of ether oxygens (including phenoxy) is 1. The van der Waals surface area contributed by atoms with E-state index in [0.29, 0.717) is 13.2 Å². The van der Waals surface area contributed by atoms with Crippen LogP contribution in [-0.4, -0.2) is 18.7 Å². The maximum absolute atomic E-state index is 11.7. The molecule has 0 saturated carbocycles. The molecule has 1 atom stereocenters. The minimum atomic E-state index is -0.185. The van der Waals surface area contributed by atoms with Crippen LogP contribution >= 0.6 is 11.3 Å². The summed E-state index contributed by atoms with van der Waals surface area (Å²) >= 11 is 1.50. The topological polar surface area (TPSA) is 50.4 Å². The number of benzene rings is 1. The fourth-order valence-electron chi connectivity index (χ4n) is 2.25. The van der Waals surface area contributed by atoms with E-state index in [1.807, 2.05) is 29.6 Å². The zero-order valence-corrected chi connectivity index (χ0v) is 11.8. The Kier molecular flexibility index (Phi) is 3.99. The van der Waals surface area contributed by atoms with Gasteiger partial charge in [0.15, 0.2) is 0 Å². The number of hydrogen-bond donors (Lipinski definition) is 2. The molecular weight excluding hydrogens is 272 g/mol. The molecular formula is C15H16N2O2S. The average molecular weight is 288 g/mol. The van der Waals surface area contributed by atoms with Gasteiger partial charge < -0.3 is 10.1 Å². The normalized spacial score (nSPS) is 17.3. The van der Waals surface area contributed by atoms with Gasteiger partial charge in [0.2, 0.25) is 0 Å². The van der Waals surface area contributed by atoms with Crippen molar-refractivity contribution in [2.45, 2.75) is 19.1 Å². The lowest BCUT2D eigenvalue weighted by Crippen LogP contribution is -2.38. The Hall–Kier alpha value is -1.85. The summed E-state index contributed by atoms with van der Waals surface area (Å²) in [4.78, 5) is 11.7. The highest BCUT2D eigenvalue weighted by Crippen LogP contribution is 2.20. The van der Waals surface area contributed by atoms with Gasteiger partial charge in [-0.05, 0) is 28.6 Å². The first-order valence-corrected chi connectivity index (χ1v) is 7.46. The van der Waals surface area contributed by atoms with Crippen LogP contribution < -0.4 is 10.6 Å². The maximum atomic E-state index is 11.7. The van der Waals surface area contributed by atoms with Crippen molar-refractivity contribution in [3.05, 3.63) is 52.9 Å². The summed E-state index contributed by atoms with van der Waals surface area (Å²) in [6.45, 7) is 1.14. The van der Waals surface area contributed by atoms with Gasteiger partial charge in [-0.1, -0.05) is 24.3 Å². The lowest BCUT2D eigenvalue weighted by molar-refractivity contribution is 0.0308. The summed E-state index contributed by atoms with van der Waals surface area (Å²) in [6, 6.07) is 11.9. The van der Waals surface area contributed by atoms with E-state index in [4.69, 9.17) is 4.74 Å². The van der Waals surface area contributed by atoms with Gasteiger partial charge in [-0.2, -0.15) is 0 Å². The molecule has 1 aromatic heterocycles. The van der Waals surface area contributed by atoms with Crippen LogP contribution in [0.4, 0.5) is 9.80 Å². The Morgan fingerprint density at radius 2 is 2.10 bits per heavy atom. The molecule has 2 heterocycles. The predicted molar refractivity (Wildman–Crippen MR) is 80.1 cm³/mol. The number of carbonyl (C=O) groups excluding carboxylic acids is 1. The van der Waals surface area contributed by atoms with Gasteiger partial charge in [-0.25, -0.2) is 4.79 Å². The predicted octanol–water partition coefficient (Wildman–Crippen LogP) is 3.01. The summed E-state index contributed by atoms with van der Waals surface area (Å²) < 4.78 is 5.75. The van der Waals surface area contributed by atoms with Gasteiger partial charge in [-0.15, -0.1) is 11.3 Å². The van der Waals surface area contributed by atoms with Gasteiger partial charge in [0.25, 0.3) is 0 Å². The quantitative estimate of drug-likeness (QED) is 0.912. The van der Waals surface area contributed by atoms with Crippen LogP contribution in [0.1, 0.15) is 11.1 Å². The van der Waals surface area contributed by atoms with Crippen molar-refractivity contribution in [1.82, 2.24) is 5.32 Å². The second-order valence-electron chi connectivity index (χ2n) is 4.72. The average Bonchev–Trinajstić information content (AvgIpc) is 2.98. The van der Waals surface area contributed by atoms with Crippen molar-refractivity contribution in [1.29, 1.82) is 0 Å². The van der Waals surface area contributed by atoms with Crippen molar-refractivity contribution in [2.75, 3.05) is 11.9 Å². The van der Waals surface area contributed by atoms with E-state index in [1.54, 1.807) is 0 Å². The summed E-state index contributed by atoms with van der Waals surface area (Å²) in [7, 11) is 0. The minimum absolute atomic E-state index is 0.0407. The van der Waals surface area contributed by atoms with Gasteiger partial charge in [0, 0.05) is 13.0 Å². The van der Waals surface area contributed by atoms with E-state index < -0.39 is 0 Å². The van der Waals surface area contributed by atoms with E-state index in [2.05, 4.69) is 22.8 Å². The Morgan fingerprint density at radius 1 is 1.25 bits per heavy atom. The SMILES string of the molecule is O=C(NCC1Cc2ccccc2CO1)Nc1cccs1. The minimum Gasteiger partial charge on any atom is -0.371 e. The fourth-order valence-corrected chi connectivity index (χ4v) is 2.87. The van der Waals surface area contributed by atoms with Crippen molar-refractivity contribution in [3.8, 4) is 0 Å². The van der Waals surface area contributed by atoms with Gasteiger partial charge in [0.05, 0.1) is 17.7 Å². The van der Waals surface area contributed by atoms with Crippen LogP contribution in [0.3, 0.4) is 0 Å². The molecule has 0 fully saturated rings. The molecule has 1 aromatic carbocycles. The third kappa shape index (κ3) is 3.18. The van der Waals surface area contributed by atoms with Crippen LogP contribution in [0.15, 0.2) is 41.8 Å². The molecule has 5 heteroatoms. The molecule has 1 aliphatic rings. The standard InChI is InChI=1S/C15H16N2O2S/c18-15(17-14-6-3-7-20-14)16-9-13-8-11-4-1-2-5-12(11)10-19-13/h1-7,13H,8-10H2,(H2,16,17,18). The molecule has 0 saturated heterocycles. The van der Waals surface area contributed by atoms with Crippen LogP contribution in [0.2, 0.25) is 0 Å². The first-order valence-electron chi connectivity index (χ1n) is 6.58. The molecule has 4 nitrogen and oxygen atoms in total. The molecule has 0 radical (unpaired) electrons. The van der Waals surface area contributed by atoms with Crippen molar-refractivity contribution >= 4 is 22.4 Å². The van der Waals surface area contributed by atoms with Crippen LogP contribution in [0.25, 0.3) is 0 Å². The lowest BCUT2D eigenvalue weighted by Gasteiger charge is -2.25. The molecule has 1 aliphatic heterocycles. The Balaban J connectivity index is 1.49. The first-order chi connectivity index (χ1) is 9.81. The van der Waals surface area contributed by atoms with E-state index in [1.165, 1.54) is 22.5 Å². The molecule has 1 unspecified atom stereocenters. The summed E-state index contributed by atoms with van der Waals surface area (Å²) in [5.74, 6) is 0. The number of carbonyl (C=O) groups is 1. The van der Waals surface area contributed by atoms with Crippen molar-refractivity contribution in [3.63, 3.8) is 0 Å². The smallest absolute Gasteiger partial charge is 0.319 e. The third-order valence-electron chi connectivity index (χ3n) is 3.29. The number of thiophene rings is 1. The number of rotatable bonds is 3. The summed E-state index contributed by atoms with van der Waals surface area (Å²) in [6.07, 6.45) is 0.883. The highest BCUT2D eigenvalue weighted by atomic mass is 32.1.